The highest BCUT2D eigenvalue weighted by Gasteiger charge is 2.27. The summed E-state index contributed by atoms with van der Waals surface area (Å²) in [5.74, 6) is 0.227. The second-order valence-corrected chi connectivity index (χ2v) is 4.81. The van der Waals surface area contributed by atoms with Crippen LogP contribution >= 0.6 is 0 Å². The number of rotatable bonds is 2. The molecule has 86 valence electrons. The molecule has 0 heterocycles. The van der Waals surface area contributed by atoms with Crippen molar-refractivity contribution >= 4 is 5.78 Å². The number of carbonyl (C=O) groups excluding carboxylic acids is 1. The molecule has 0 spiro atoms. The van der Waals surface area contributed by atoms with Crippen molar-refractivity contribution in [1.29, 1.82) is 0 Å². The SMILES string of the molecule is CC1CCCC(C(=O)c2ccccc2F)C1. The number of Topliss-reactive ketones (excluding diaryl/α,β-unsaturated/α-hetero) is 1. The molecule has 1 aliphatic rings. The van der Waals surface area contributed by atoms with Crippen LogP contribution in [0.25, 0.3) is 0 Å². The third kappa shape index (κ3) is 2.31. The Morgan fingerprint density at radius 3 is 2.75 bits per heavy atom. The van der Waals surface area contributed by atoms with E-state index in [1.807, 2.05) is 0 Å². The van der Waals surface area contributed by atoms with Gasteiger partial charge in [0.15, 0.2) is 5.78 Å². The first kappa shape index (κ1) is 11.3. The molecule has 0 aromatic heterocycles. The number of hydrogen-bond donors (Lipinski definition) is 0. The molecule has 1 fully saturated rings. The van der Waals surface area contributed by atoms with Crippen LogP contribution < -0.4 is 0 Å². The van der Waals surface area contributed by atoms with E-state index in [4.69, 9.17) is 0 Å². The highest BCUT2D eigenvalue weighted by atomic mass is 19.1. The van der Waals surface area contributed by atoms with Crippen LogP contribution in [-0.4, -0.2) is 5.78 Å². The molecule has 1 nitrogen and oxygen atoms in total. The number of carbonyl (C=O) groups is 1. The minimum Gasteiger partial charge on any atom is -0.294 e. The van der Waals surface area contributed by atoms with Crippen molar-refractivity contribution in [3.8, 4) is 0 Å². The van der Waals surface area contributed by atoms with Gasteiger partial charge < -0.3 is 0 Å². The molecule has 0 saturated heterocycles. The van der Waals surface area contributed by atoms with Gasteiger partial charge in [-0.1, -0.05) is 31.9 Å². The van der Waals surface area contributed by atoms with Crippen molar-refractivity contribution in [1.82, 2.24) is 0 Å². The first-order chi connectivity index (χ1) is 7.68. The molecule has 2 unspecified atom stereocenters. The molecule has 1 aliphatic carbocycles. The largest absolute Gasteiger partial charge is 0.294 e. The zero-order valence-electron chi connectivity index (χ0n) is 9.58. The fourth-order valence-electron chi connectivity index (χ4n) is 2.55. The molecule has 2 atom stereocenters. The summed E-state index contributed by atoms with van der Waals surface area (Å²) in [5, 5.41) is 0. The van der Waals surface area contributed by atoms with Crippen molar-refractivity contribution < 1.29 is 9.18 Å². The van der Waals surface area contributed by atoms with Crippen LogP contribution in [0.1, 0.15) is 43.0 Å². The van der Waals surface area contributed by atoms with Gasteiger partial charge in [-0.3, -0.25) is 4.79 Å². The Labute approximate surface area is 95.7 Å². The van der Waals surface area contributed by atoms with E-state index >= 15 is 0 Å². The zero-order valence-corrected chi connectivity index (χ0v) is 9.58. The van der Waals surface area contributed by atoms with Gasteiger partial charge in [0.1, 0.15) is 5.82 Å². The van der Waals surface area contributed by atoms with E-state index in [0.717, 1.165) is 19.3 Å². The second-order valence-electron chi connectivity index (χ2n) is 4.81. The lowest BCUT2D eigenvalue weighted by atomic mass is 9.79. The molecule has 0 N–H and O–H groups in total. The summed E-state index contributed by atoms with van der Waals surface area (Å²) in [6.45, 7) is 2.17. The van der Waals surface area contributed by atoms with Crippen LogP contribution in [0.4, 0.5) is 4.39 Å². The van der Waals surface area contributed by atoms with E-state index in [2.05, 4.69) is 6.92 Å². The average Bonchev–Trinajstić information content (AvgIpc) is 2.29. The summed E-state index contributed by atoms with van der Waals surface area (Å²) in [7, 11) is 0. The highest BCUT2D eigenvalue weighted by Crippen LogP contribution is 2.31. The molecule has 2 heteroatoms. The van der Waals surface area contributed by atoms with Gasteiger partial charge in [0.25, 0.3) is 0 Å². The topological polar surface area (TPSA) is 17.1 Å². The Bertz CT molecular complexity index is 386. The van der Waals surface area contributed by atoms with Crippen LogP contribution in [0.2, 0.25) is 0 Å². The normalized spacial score (nSPS) is 25.4. The second kappa shape index (κ2) is 4.77. The number of halogens is 1. The van der Waals surface area contributed by atoms with E-state index in [-0.39, 0.29) is 23.1 Å². The van der Waals surface area contributed by atoms with E-state index in [1.165, 1.54) is 12.5 Å². The molecule has 16 heavy (non-hydrogen) atoms. The van der Waals surface area contributed by atoms with Crippen molar-refractivity contribution in [2.45, 2.75) is 32.6 Å². The summed E-state index contributed by atoms with van der Waals surface area (Å²) < 4.78 is 13.5. The van der Waals surface area contributed by atoms with Crippen molar-refractivity contribution in [2.24, 2.45) is 11.8 Å². The van der Waals surface area contributed by atoms with Gasteiger partial charge in [-0.05, 0) is 30.9 Å². The minimum absolute atomic E-state index is 0.00958. The van der Waals surface area contributed by atoms with E-state index in [0.29, 0.717) is 5.92 Å². The Morgan fingerprint density at radius 1 is 1.31 bits per heavy atom. The number of ketones is 1. The average molecular weight is 220 g/mol. The van der Waals surface area contributed by atoms with Crippen molar-refractivity contribution in [3.05, 3.63) is 35.6 Å². The lowest BCUT2D eigenvalue weighted by Crippen LogP contribution is -2.22. The van der Waals surface area contributed by atoms with Gasteiger partial charge in [-0.15, -0.1) is 0 Å². The van der Waals surface area contributed by atoms with Crippen LogP contribution in [0.3, 0.4) is 0 Å². The molecule has 0 amide bonds. The monoisotopic (exact) mass is 220 g/mol. The highest BCUT2D eigenvalue weighted by molar-refractivity contribution is 5.98. The summed E-state index contributed by atoms with van der Waals surface area (Å²) in [6.07, 6.45) is 4.11. The van der Waals surface area contributed by atoms with Gasteiger partial charge in [0.2, 0.25) is 0 Å². The Kier molecular flexibility index (Phi) is 3.37. The molecule has 2 rings (SSSR count). The van der Waals surface area contributed by atoms with Gasteiger partial charge in [-0.25, -0.2) is 4.39 Å². The fraction of sp³-hybridized carbons (Fsp3) is 0.500. The van der Waals surface area contributed by atoms with Gasteiger partial charge in [0, 0.05) is 5.92 Å². The van der Waals surface area contributed by atoms with Gasteiger partial charge >= 0.3 is 0 Å². The third-order valence-electron chi connectivity index (χ3n) is 3.45. The summed E-state index contributed by atoms with van der Waals surface area (Å²) >= 11 is 0. The van der Waals surface area contributed by atoms with Crippen LogP contribution in [0.5, 0.6) is 0 Å². The van der Waals surface area contributed by atoms with Gasteiger partial charge in [0.05, 0.1) is 5.56 Å². The first-order valence-electron chi connectivity index (χ1n) is 5.97. The Hall–Kier alpha value is -1.18. The Balaban J connectivity index is 2.16. The van der Waals surface area contributed by atoms with Crippen LogP contribution in [0.15, 0.2) is 24.3 Å². The summed E-state index contributed by atoms with van der Waals surface area (Å²) in [5.41, 5.74) is 0.265. The molecule has 0 bridgehead atoms. The van der Waals surface area contributed by atoms with Crippen molar-refractivity contribution in [2.75, 3.05) is 0 Å². The van der Waals surface area contributed by atoms with E-state index < -0.39 is 0 Å². The number of hydrogen-bond acceptors (Lipinski definition) is 1. The lowest BCUT2D eigenvalue weighted by molar-refractivity contribution is 0.0864. The minimum atomic E-state index is -0.384. The van der Waals surface area contributed by atoms with Crippen molar-refractivity contribution in [3.63, 3.8) is 0 Å². The molecular weight excluding hydrogens is 203 g/mol. The predicted octanol–water partition coefficient (Wildman–Crippen LogP) is 3.83. The lowest BCUT2D eigenvalue weighted by Gasteiger charge is -2.25. The fourth-order valence-corrected chi connectivity index (χ4v) is 2.55. The maximum Gasteiger partial charge on any atom is 0.168 e. The molecule has 0 aliphatic heterocycles. The maximum atomic E-state index is 13.5. The molecule has 1 aromatic carbocycles. The quantitative estimate of drug-likeness (QED) is 0.692. The van der Waals surface area contributed by atoms with E-state index in [9.17, 15) is 9.18 Å². The third-order valence-corrected chi connectivity index (χ3v) is 3.45. The molecule has 0 radical (unpaired) electrons. The first-order valence-corrected chi connectivity index (χ1v) is 5.97. The van der Waals surface area contributed by atoms with Gasteiger partial charge in [-0.2, -0.15) is 0 Å². The molecular formula is C14H17FO. The van der Waals surface area contributed by atoms with Crippen LogP contribution in [0, 0.1) is 17.7 Å². The Morgan fingerprint density at radius 2 is 2.06 bits per heavy atom. The standard InChI is InChI=1S/C14H17FO/c1-10-5-4-6-11(9-10)14(16)12-7-2-3-8-13(12)15/h2-3,7-8,10-11H,4-6,9H2,1H3. The molecule has 1 aromatic rings. The maximum absolute atomic E-state index is 13.5. The zero-order chi connectivity index (χ0) is 11.5. The van der Waals surface area contributed by atoms with E-state index in [1.54, 1.807) is 18.2 Å². The molecule has 1 saturated carbocycles. The summed E-state index contributed by atoms with van der Waals surface area (Å²) in [6, 6.07) is 6.30. The smallest absolute Gasteiger partial charge is 0.168 e. The van der Waals surface area contributed by atoms with Crippen LogP contribution in [-0.2, 0) is 0 Å². The predicted molar refractivity (Wildman–Crippen MR) is 61.9 cm³/mol. The number of benzene rings is 1. The summed E-state index contributed by atoms with van der Waals surface area (Å²) in [4.78, 5) is 12.1.